The molecular weight excluding hydrogens is 840 g/mol. The Morgan fingerprint density at radius 3 is 2.02 bits per heavy atom. The molecule has 54 heavy (non-hydrogen) atoms. The van der Waals surface area contributed by atoms with Crippen LogP contribution in [0.25, 0.3) is 38.8 Å². The minimum atomic E-state index is -0.398. The van der Waals surface area contributed by atoms with Crippen LogP contribution in [0.1, 0.15) is 51.3 Å². The van der Waals surface area contributed by atoms with E-state index in [-0.39, 0.29) is 26.5 Å². The molecule has 1 aliphatic rings. The van der Waals surface area contributed by atoms with Crippen molar-refractivity contribution in [3.63, 3.8) is 0 Å². The van der Waals surface area contributed by atoms with Crippen LogP contribution in [0.15, 0.2) is 152 Å². The van der Waals surface area contributed by atoms with Gasteiger partial charge >= 0.3 is 0 Å². The molecule has 0 aliphatic carbocycles. The molecule has 3 heterocycles. The quantitative estimate of drug-likeness (QED) is 0.156. The van der Waals surface area contributed by atoms with Gasteiger partial charge in [-0.2, -0.15) is 53.6 Å². The van der Waals surface area contributed by atoms with Crippen LogP contribution in [0.3, 0.4) is 0 Å². The fourth-order valence-electron chi connectivity index (χ4n) is 7.65. The first-order chi connectivity index (χ1) is 25.7. The monoisotopic (exact) mass is 880 g/mol. The summed E-state index contributed by atoms with van der Waals surface area (Å²) in [7, 11) is 0. The molecule has 5 heteroatoms. The van der Waals surface area contributed by atoms with E-state index >= 15 is 0 Å². The van der Waals surface area contributed by atoms with Crippen molar-refractivity contribution < 1.29 is 21.1 Å². The van der Waals surface area contributed by atoms with Gasteiger partial charge in [0.25, 0.3) is 0 Å². The van der Waals surface area contributed by atoms with Crippen LogP contribution in [-0.2, 0) is 31.9 Å². The van der Waals surface area contributed by atoms with Gasteiger partial charge in [0, 0.05) is 55.4 Å². The van der Waals surface area contributed by atoms with Crippen molar-refractivity contribution in [2.75, 3.05) is 9.80 Å². The largest absolute Gasteiger partial charge is 0.493 e. The van der Waals surface area contributed by atoms with Gasteiger partial charge in [0.15, 0.2) is 0 Å². The van der Waals surface area contributed by atoms with E-state index in [0.29, 0.717) is 0 Å². The zero-order valence-corrected chi connectivity index (χ0v) is 33.4. The van der Waals surface area contributed by atoms with Gasteiger partial charge in [-0.3, -0.25) is 0 Å². The summed E-state index contributed by atoms with van der Waals surface area (Å²) < 4.78 is 2.28. The van der Waals surface area contributed by atoms with Crippen LogP contribution in [-0.4, -0.2) is 9.55 Å². The molecule has 0 bridgehead atoms. The average Bonchev–Trinajstić information content (AvgIpc) is 3.74. The van der Waals surface area contributed by atoms with E-state index in [2.05, 4.69) is 213 Å². The van der Waals surface area contributed by atoms with Gasteiger partial charge < -0.3 is 14.4 Å². The number of rotatable bonds is 6. The van der Waals surface area contributed by atoms with Crippen molar-refractivity contribution in [2.45, 2.75) is 45.4 Å². The topological polar surface area (TPSA) is 24.3 Å². The van der Waals surface area contributed by atoms with E-state index < -0.39 is 5.41 Å². The summed E-state index contributed by atoms with van der Waals surface area (Å²) in [5.41, 5.74) is 11.9. The van der Waals surface area contributed by atoms with Crippen LogP contribution in [0, 0.1) is 18.8 Å². The van der Waals surface area contributed by atoms with E-state index in [1.807, 2.05) is 6.20 Å². The van der Waals surface area contributed by atoms with E-state index in [1.165, 1.54) is 27.5 Å². The van der Waals surface area contributed by atoms with Crippen LogP contribution in [0.2, 0.25) is 0 Å². The summed E-state index contributed by atoms with van der Waals surface area (Å²) in [4.78, 5) is 9.45. The summed E-state index contributed by atoms with van der Waals surface area (Å²) in [5, 5.41) is 2.36. The molecule has 0 saturated heterocycles. The maximum absolute atomic E-state index is 4.89. The van der Waals surface area contributed by atoms with Crippen LogP contribution < -0.4 is 9.80 Å². The number of nitrogens with zero attached hydrogens (tertiary/aromatic N) is 4. The second-order valence-electron chi connectivity index (χ2n) is 15.4. The minimum Gasteiger partial charge on any atom is -0.493 e. The van der Waals surface area contributed by atoms with Crippen molar-refractivity contribution in [3.8, 4) is 16.9 Å². The maximum atomic E-state index is 4.89. The number of fused-ring (bicyclic) bond motifs is 4. The van der Waals surface area contributed by atoms with E-state index in [1.54, 1.807) is 0 Å². The minimum absolute atomic E-state index is 0. The summed E-state index contributed by atoms with van der Waals surface area (Å²) in [5.74, 6) is 0.907. The fourth-order valence-corrected chi connectivity index (χ4v) is 7.65. The Kier molecular flexibility index (Phi) is 9.07. The van der Waals surface area contributed by atoms with E-state index in [9.17, 15) is 0 Å². The van der Waals surface area contributed by atoms with Gasteiger partial charge in [-0.1, -0.05) is 119 Å². The summed E-state index contributed by atoms with van der Waals surface area (Å²) in [6.45, 7) is 13.5. The number of anilines is 4. The van der Waals surface area contributed by atoms with Crippen molar-refractivity contribution in [3.05, 3.63) is 187 Å². The Morgan fingerprint density at radius 1 is 0.574 bits per heavy atom. The van der Waals surface area contributed by atoms with Crippen molar-refractivity contribution in [1.29, 1.82) is 0 Å². The third-order valence-corrected chi connectivity index (χ3v) is 10.7. The van der Waals surface area contributed by atoms with Gasteiger partial charge in [0.1, 0.15) is 5.82 Å². The number of para-hydroxylation sites is 4. The Balaban J connectivity index is 0.00000413. The molecule has 0 unspecified atom stereocenters. The Labute approximate surface area is 333 Å². The van der Waals surface area contributed by atoms with Crippen molar-refractivity contribution in [1.82, 2.24) is 9.55 Å². The smallest absolute Gasteiger partial charge is 0.135 e. The first-order valence-electron chi connectivity index (χ1n) is 18.3. The molecule has 1 aliphatic heterocycles. The Hall–Kier alpha value is -5.44. The molecule has 2 aromatic heterocycles. The molecule has 8 aromatic rings. The second kappa shape index (κ2) is 13.8. The molecule has 4 nitrogen and oxygen atoms in total. The van der Waals surface area contributed by atoms with Gasteiger partial charge in [-0.15, -0.1) is 17.7 Å². The first kappa shape index (κ1) is 35.6. The van der Waals surface area contributed by atoms with Crippen LogP contribution in [0.4, 0.5) is 22.7 Å². The Bertz CT molecular complexity index is 2630. The SMILES string of the molecule is CC(C)(C)c1ccnc(-n2c3[c-]c(C(C)(C)c4[c-]c(N5[CH-]N(c6ccccc6-c6ccccc6)c6ccccc65)ccc4)ccc3c3ccccc32)c1.[Pt]. The molecule has 6 aromatic carbocycles. The number of benzene rings is 6. The number of pyridine rings is 1. The number of hydrogen-bond acceptors (Lipinski definition) is 3. The van der Waals surface area contributed by atoms with Crippen LogP contribution >= 0.6 is 0 Å². The summed E-state index contributed by atoms with van der Waals surface area (Å²) in [6, 6.07) is 59.5. The van der Waals surface area contributed by atoms with Crippen molar-refractivity contribution in [2.24, 2.45) is 0 Å². The normalized spacial score (nSPS) is 13.0. The van der Waals surface area contributed by atoms with Gasteiger partial charge in [0.2, 0.25) is 0 Å². The molecular formula is C49H41N4Pt-3. The molecule has 0 fully saturated rings. The zero-order chi connectivity index (χ0) is 36.3. The molecule has 0 amide bonds. The predicted octanol–water partition coefficient (Wildman–Crippen LogP) is 12.5. The van der Waals surface area contributed by atoms with E-state index in [4.69, 9.17) is 4.98 Å². The maximum Gasteiger partial charge on any atom is 0.135 e. The first-order valence-corrected chi connectivity index (χ1v) is 18.3. The molecule has 270 valence electrons. The van der Waals surface area contributed by atoms with Gasteiger partial charge in [-0.25, -0.2) is 4.98 Å². The third-order valence-electron chi connectivity index (χ3n) is 10.7. The number of hydrogen-bond donors (Lipinski definition) is 0. The molecule has 9 rings (SSSR count). The summed E-state index contributed by atoms with van der Waals surface area (Å²) >= 11 is 0. The third kappa shape index (κ3) is 6.03. The summed E-state index contributed by atoms with van der Waals surface area (Å²) in [6.07, 6.45) is 1.93. The van der Waals surface area contributed by atoms with Gasteiger partial charge in [-0.05, 0) is 63.7 Å². The molecule has 0 N–H and O–H groups in total. The molecule has 0 saturated carbocycles. The Morgan fingerprint density at radius 2 is 1.24 bits per heavy atom. The van der Waals surface area contributed by atoms with Gasteiger partial charge in [0.05, 0.1) is 0 Å². The second-order valence-corrected chi connectivity index (χ2v) is 15.4. The number of aromatic nitrogens is 2. The fraction of sp³-hybridized carbons (Fsp3) is 0.143. The van der Waals surface area contributed by atoms with Crippen LogP contribution in [0.5, 0.6) is 0 Å². The molecule has 0 atom stereocenters. The zero-order valence-electron chi connectivity index (χ0n) is 31.1. The average molecular weight is 881 g/mol. The van der Waals surface area contributed by atoms with E-state index in [0.717, 1.165) is 50.7 Å². The molecule has 0 radical (unpaired) electrons. The molecule has 0 spiro atoms. The standard InChI is InChI=1S/C49H41N4.Pt/c1-48(2,3)35-28-29-50-47(32-35)53-43-23-12-10-21-40(43)41-27-26-37(31-46(41)53)49(4,5)36-18-15-19-38(30-36)51-33-52(45-25-14-13-24-44(45)51)42-22-11-9-20-39(42)34-16-7-6-8-17-34;/h6-29,32-33H,1-5H3;/q-3;. The van der Waals surface area contributed by atoms with Crippen molar-refractivity contribution >= 4 is 44.6 Å². The predicted molar refractivity (Wildman–Crippen MR) is 220 cm³/mol.